The first-order chi connectivity index (χ1) is 17.7. The third-order valence-corrected chi connectivity index (χ3v) is 6.12. The molecule has 0 saturated carbocycles. The summed E-state index contributed by atoms with van der Waals surface area (Å²) in [4.78, 5) is 30.6. The molecule has 0 spiro atoms. The molecular weight excluding hydrogens is 498 g/mol. The summed E-state index contributed by atoms with van der Waals surface area (Å²) in [5.41, 5.74) is 0.979. The largest absolute Gasteiger partial charge is 0.586 e. The van der Waals surface area contributed by atoms with Gasteiger partial charge >= 0.3 is 12.3 Å². The van der Waals surface area contributed by atoms with Crippen LogP contribution in [0.5, 0.6) is 17.2 Å². The molecule has 8 nitrogen and oxygen atoms in total. The van der Waals surface area contributed by atoms with Crippen LogP contribution >= 0.6 is 0 Å². The van der Waals surface area contributed by atoms with Crippen LogP contribution in [-0.2, 0) is 14.9 Å². The second kappa shape index (κ2) is 8.68. The van der Waals surface area contributed by atoms with Crippen LogP contribution in [0.1, 0.15) is 49.2 Å². The fourth-order valence-corrected chi connectivity index (χ4v) is 4.29. The molecule has 0 aliphatic carbocycles. The number of aryl methyl sites for hydroxylation is 1. The fraction of sp³-hybridized carbons (Fsp3) is 0.321. The molecule has 38 heavy (non-hydrogen) atoms. The van der Waals surface area contributed by atoms with Crippen molar-refractivity contribution >= 4 is 17.7 Å². The number of hydrogen-bond donors (Lipinski definition) is 1. The number of benzene rings is 2. The Kier molecular flexibility index (Phi) is 5.81. The van der Waals surface area contributed by atoms with E-state index in [-0.39, 0.29) is 29.7 Å². The molecule has 3 aromatic rings. The van der Waals surface area contributed by atoms with Crippen molar-refractivity contribution in [2.45, 2.75) is 51.9 Å². The van der Waals surface area contributed by atoms with E-state index >= 15 is 0 Å². The van der Waals surface area contributed by atoms with E-state index in [1.54, 1.807) is 52.0 Å². The Hall–Kier alpha value is -4.21. The van der Waals surface area contributed by atoms with Gasteiger partial charge in [0.05, 0.1) is 11.3 Å². The summed E-state index contributed by atoms with van der Waals surface area (Å²) in [7, 11) is 0. The number of nitrogens with one attached hydrogen (secondary N) is 1. The summed E-state index contributed by atoms with van der Waals surface area (Å²) in [6.45, 7) is 8.88. The zero-order valence-electron chi connectivity index (χ0n) is 21.5. The predicted molar refractivity (Wildman–Crippen MR) is 134 cm³/mol. The van der Waals surface area contributed by atoms with Gasteiger partial charge in [-0.2, -0.15) is 0 Å². The molecule has 2 aromatic carbocycles. The Balaban J connectivity index is 1.40. The number of nitrogens with zero attached hydrogens (tertiary/aromatic N) is 1. The lowest BCUT2D eigenvalue weighted by atomic mass is 9.83. The zero-order valence-corrected chi connectivity index (χ0v) is 21.5. The van der Waals surface area contributed by atoms with E-state index in [0.29, 0.717) is 22.4 Å². The van der Waals surface area contributed by atoms with Crippen LogP contribution in [0, 0.1) is 6.92 Å². The van der Waals surface area contributed by atoms with Crippen LogP contribution in [-0.4, -0.2) is 35.4 Å². The monoisotopic (exact) mass is 524 g/mol. The van der Waals surface area contributed by atoms with Crippen molar-refractivity contribution in [3.8, 4) is 28.5 Å². The highest BCUT2D eigenvalue weighted by molar-refractivity contribution is 6.00. The maximum Gasteiger partial charge on any atom is 0.586 e. The summed E-state index contributed by atoms with van der Waals surface area (Å²) < 4.78 is 47.2. The molecule has 2 aliphatic rings. The molecule has 1 aromatic heterocycles. The molecule has 0 bridgehead atoms. The minimum atomic E-state index is -3.78. The van der Waals surface area contributed by atoms with Crippen molar-refractivity contribution in [1.82, 2.24) is 4.98 Å². The second-order valence-corrected chi connectivity index (χ2v) is 10.5. The number of amides is 1. The highest BCUT2D eigenvalue weighted by Crippen LogP contribution is 2.50. The molecule has 198 valence electrons. The van der Waals surface area contributed by atoms with Crippen molar-refractivity contribution in [2.24, 2.45) is 0 Å². The third-order valence-electron chi connectivity index (χ3n) is 6.12. The smallest absolute Gasteiger partial charge is 0.492 e. The molecule has 2 aliphatic heterocycles. The Morgan fingerprint density at radius 3 is 2.45 bits per heavy atom. The van der Waals surface area contributed by atoms with Gasteiger partial charge in [0.15, 0.2) is 11.5 Å². The average molecular weight is 525 g/mol. The van der Waals surface area contributed by atoms with Crippen molar-refractivity contribution < 1.29 is 37.3 Å². The van der Waals surface area contributed by atoms with Gasteiger partial charge in [0.2, 0.25) is 5.91 Å². The molecule has 0 radical (unpaired) electrons. The quantitative estimate of drug-likeness (QED) is 0.443. The first-order valence-corrected chi connectivity index (χ1v) is 11.9. The van der Waals surface area contributed by atoms with Gasteiger partial charge in [-0.1, -0.05) is 12.1 Å². The van der Waals surface area contributed by atoms with Gasteiger partial charge in [0.1, 0.15) is 29.2 Å². The van der Waals surface area contributed by atoms with Gasteiger partial charge in [0, 0.05) is 17.2 Å². The molecule has 5 rings (SSSR count). The average Bonchev–Trinajstić information content (AvgIpc) is 3.31. The van der Waals surface area contributed by atoms with Gasteiger partial charge < -0.3 is 24.3 Å². The Morgan fingerprint density at radius 2 is 1.74 bits per heavy atom. The number of carbonyl (C=O) groups excluding carboxylic acids is 2. The molecule has 0 unspecified atom stereocenters. The van der Waals surface area contributed by atoms with Crippen LogP contribution in [0.4, 0.5) is 14.6 Å². The minimum Gasteiger partial charge on any atom is -0.492 e. The SMILES string of the molecule is Cc1cc(NC(=O)[C@@]2(C)COc3cc4c(cc32)OC(F)(F)O4)nc(-c2cccc(C(=O)OC(C)(C)C)c2)c1. The third kappa shape index (κ3) is 4.85. The van der Waals surface area contributed by atoms with E-state index in [4.69, 9.17) is 9.47 Å². The molecule has 0 fully saturated rings. The topological polar surface area (TPSA) is 96.0 Å². The van der Waals surface area contributed by atoms with E-state index in [0.717, 1.165) is 5.56 Å². The highest BCUT2D eigenvalue weighted by Gasteiger charge is 2.49. The zero-order chi connectivity index (χ0) is 27.5. The van der Waals surface area contributed by atoms with E-state index in [1.165, 1.54) is 12.1 Å². The molecular formula is C28H26F2N2O6. The van der Waals surface area contributed by atoms with E-state index < -0.39 is 29.2 Å². The van der Waals surface area contributed by atoms with Crippen LogP contribution in [0.25, 0.3) is 11.3 Å². The van der Waals surface area contributed by atoms with Gasteiger partial charge in [-0.05, 0) is 70.5 Å². The van der Waals surface area contributed by atoms with Crippen molar-refractivity contribution in [3.05, 3.63) is 65.2 Å². The number of fused-ring (bicyclic) bond motifs is 2. The van der Waals surface area contributed by atoms with E-state index in [2.05, 4.69) is 19.8 Å². The van der Waals surface area contributed by atoms with Crippen molar-refractivity contribution in [3.63, 3.8) is 0 Å². The van der Waals surface area contributed by atoms with Gasteiger partial charge in [-0.15, -0.1) is 8.78 Å². The number of carbonyl (C=O) groups is 2. The fourth-order valence-electron chi connectivity index (χ4n) is 4.29. The van der Waals surface area contributed by atoms with Crippen molar-refractivity contribution in [2.75, 3.05) is 11.9 Å². The Labute approximate surface area is 217 Å². The molecule has 3 heterocycles. The van der Waals surface area contributed by atoms with Gasteiger partial charge in [-0.25, -0.2) is 9.78 Å². The van der Waals surface area contributed by atoms with Crippen LogP contribution < -0.4 is 19.5 Å². The van der Waals surface area contributed by atoms with E-state index in [9.17, 15) is 18.4 Å². The molecule has 1 amide bonds. The van der Waals surface area contributed by atoms with E-state index in [1.807, 2.05) is 19.1 Å². The summed E-state index contributed by atoms with van der Waals surface area (Å²) in [5, 5.41) is 2.83. The first-order valence-electron chi connectivity index (χ1n) is 11.9. The van der Waals surface area contributed by atoms with Crippen LogP contribution in [0.2, 0.25) is 0 Å². The maximum absolute atomic E-state index is 13.5. The lowest BCUT2D eigenvalue weighted by Gasteiger charge is -2.22. The summed E-state index contributed by atoms with van der Waals surface area (Å²) in [6, 6.07) is 13.1. The number of aromatic nitrogens is 1. The van der Waals surface area contributed by atoms with Crippen LogP contribution in [0.3, 0.4) is 0 Å². The second-order valence-electron chi connectivity index (χ2n) is 10.5. The lowest BCUT2D eigenvalue weighted by Crippen LogP contribution is -2.39. The molecule has 1 N–H and O–H groups in total. The van der Waals surface area contributed by atoms with Gasteiger partial charge in [0.25, 0.3) is 0 Å². The lowest BCUT2D eigenvalue weighted by molar-refractivity contribution is -0.286. The Bertz CT molecular complexity index is 1470. The number of pyridine rings is 1. The van der Waals surface area contributed by atoms with Crippen LogP contribution in [0.15, 0.2) is 48.5 Å². The van der Waals surface area contributed by atoms with Gasteiger partial charge in [-0.3, -0.25) is 4.79 Å². The van der Waals surface area contributed by atoms with Crippen molar-refractivity contribution in [1.29, 1.82) is 0 Å². The number of halogens is 2. The highest BCUT2D eigenvalue weighted by atomic mass is 19.3. The summed E-state index contributed by atoms with van der Waals surface area (Å²) in [6.07, 6.45) is -3.78. The summed E-state index contributed by atoms with van der Waals surface area (Å²) >= 11 is 0. The first kappa shape index (κ1) is 25.4. The number of anilines is 1. The molecule has 1 atom stereocenters. The standard InChI is InChI=1S/C28H26F2N2O6/c1-15-9-19(16-7-6-8-17(11-16)24(33)38-26(2,3)4)31-23(10-15)32-25(34)27(5)14-35-20-13-22-21(12-18(20)27)36-28(29,30)37-22/h6-13H,14H2,1-5H3,(H,31,32,34)/t27-/m0/s1. The number of rotatable bonds is 4. The maximum atomic E-state index is 13.5. The number of esters is 1. The number of hydrogen-bond acceptors (Lipinski definition) is 7. The Morgan fingerprint density at radius 1 is 1.03 bits per heavy atom. The predicted octanol–water partition coefficient (Wildman–Crippen LogP) is 5.62. The normalized spacial score (nSPS) is 18.9. The number of ether oxygens (including phenoxy) is 4. The summed E-state index contributed by atoms with van der Waals surface area (Å²) in [5.74, 6) is -0.661. The molecule has 10 heteroatoms. The minimum absolute atomic E-state index is 0.00986. The molecule has 0 saturated heterocycles. The number of alkyl halides is 2.